The van der Waals surface area contributed by atoms with Crippen LogP contribution in [0.5, 0.6) is 0 Å². The summed E-state index contributed by atoms with van der Waals surface area (Å²) in [5.41, 5.74) is 0.0580. The van der Waals surface area contributed by atoms with Crippen molar-refractivity contribution in [3.8, 4) is 0 Å². The van der Waals surface area contributed by atoms with E-state index in [1.807, 2.05) is 12.4 Å². The Labute approximate surface area is 101 Å². The van der Waals surface area contributed by atoms with Gasteiger partial charge in [-0.3, -0.25) is 9.13 Å². The van der Waals surface area contributed by atoms with Gasteiger partial charge >= 0.3 is 5.69 Å². The van der Waals surface area contributed by atoms with Crippen molar-refractivity contribution >= 4 is 0 Å². The van der Waals surface area contributed by atoms with Gasteiger partial charge in [-0.05, 0) is 12.8 Å². The molecule has 0 amide bonds. The lowest BCUT2D eigenvalue weighted by Gasteiger charge is -2.22. The minimum Gasteiger partial charge on any atom is -0.353 e. The molecule has 5 nitrogen and oxygen atoms in total. The Hall–Kier alpha value is -1.07. The fraction of sp³-hybridized carbons (Fsp3) is 0.750. The standard InChI is InChI=1S/C12H20N2O3/c1-2-5-13-7-8-14(12(13)15)6-4-11-16-9-3-10-17-11/h7-8,11H,2-6,9-10H2,1H3. The maximum atomic E-state index is 11.9. The van der Waals surface area contributed by atoms with Crippen molar-refractivity contribution in [1.29, 1.82) is 0 Å². The molecule has 0 aromatic carbocycles. The van der Waals surface area contributed by atoms with Gasteiger partial charge < -0.3 is 9.47 Å². The molecule has 1 aliphatic rings. The van der Waals surface area contributed by atoms with Crippen LogP contribution in [-0.4, -0.2) is 28.6 Å². The Balaban J connectivity index is 1.88. The van der Waals surface area contributed by atoms with Crippen molar-refractivity contribution in [3.05, 3.63) is 22.9 Å². The normalized spacial score (nSPS) is 17.5. The number of hydrogen-bond donors (Lipinski definition) is 0. The Bertz CT molecular complexity index is 391. The highest BCUT2D eigenvalue weighted by atomic mass is 16.7. The zero-order valence-electron chi connectivity index (χ0n) is 10.3. The van der Waals surface area contributed by atoms with Crippen LogP contribution in [0.15, 0.2) is 17.2 Å². The summed E-state index contributed by atoms with van der Waals surface area (Å²) in [4.78, 5) is 11.9. The summed E-state index contributed by atoms with van der Waals surface area (Å²) in [6.45, 7) is 5.02. The third-order valence-corrected chi connectivity index (χ3v) is 2.88. The third kappa shape index (κ3) is 3.20. The summed E-state index contributed by atoms with van der Waals surface area (Å²) < 4.78 is 14.4. The van der Waals surface area contributed by atoms with Gasteiger partial charge in [-0.15, -0.1) is 0 Å². The molecule has 0 N–H and O–H groups in total. The average Bonchev–Trinajstić information content (AvgIpc) is 2.70. The average molecular weight is 240 g/mol. The van der Waals surface area contributed by atoms with Crippen molar-refractivity contribution in [2.75, 3.05) is 13.2 Å². The van der Waals surface area contributed by atoms with E-state index in [1.165, 1.54) is 0 Å². The molecule has 1 aliphatic heterocycles. The first-order chi connectivity index (χ1) is 8.31. The van der Waals surface area contributed by atoms with E-state index in [9.17, 15) is 4.79 Å². The monoisotopic (exact) mass is 240 g/mol. The predicted octanol–water partition coefficient (Wildman–Crippen LogP) is 1.21. The fourth-order valence-corrected chi connectivity index (χ4v) is 1.98. The zero-order chi connectivity index (χ0) is 12.1. The lowest BCUT2D eigenvalue weighted by Crippen LogP contribution is -2.29. The molecule has 96 valence electrons. The van der Waals surface area contributed by atoms with Crippen LogP contribution in [0.2, 0.25) is 0 Å². The van der Waals surface area contributed by atoms with E-state index in [0.717, 1.165) is 39.0 Å². The second-order valence-electron chi connectivity index (χ2n) is 4.28. The summed E-state index contributed by atoms with van der Waals surface area (Å²) in [6.07, 6.45) is 6.19. The van der Waals surface area contributed by atoms with Crippen molar-refractivity contribution in [2.45, 2.75) is 45.6 Å². The van der Waals surface area contributed by atoms with E-state index in [1.54, 1.807) is 9.13 Å². The Morgan fingerprint density at radius 2 is 1.88 bits per heavy atom. The molecule has 0 unspecified atom stereocenters. The van der Waals surface area contributed by atoms with Crippen LogP contribution in [0.25, 0.3) is 0 Å². The van der Waals surface area contributed by atoms with E-state index >= 15 is 0 Å². The van der Waals surface area contributed by atoms with Gasteiger partial charge in [0.05, 0.1) is 13.2 Å². The lowest BCUT2D eigenvalue weighted by atomic mass is 10.3. The van der Waals surface area contributed by atoms with E-state index in [4.69, 9.17) is 9.47 Å². The molecule has 1 aromatic rings. The van der Waals surface area contributed by atoms with Gasteiger partial charge in [0.25, 0.3) is 0 Å². The van der Waals surface area contributed by atoms with Crippen molar-refractivity contribution < 1.29 is 9.47 Å². The van der Waals surface area contributed by atoms with Gasteiger partial charge in [-0.1, -0.05) is 6.92 Å². The van der Waals surface area contributed by atoms with Gasteiger partial charge in [0.2, 0.25) is 0 Å². The molecule has 1 saturated heterocycles. The largest absolute Gasteiger partial charge is 0.353 e. The highest BCUT2D eigenvalue weighted by Gasteiger charge is 2.14. The molecule has 0 spiro atoms. The maximum absolute atomic E-state index is 11.9. The van der Waals surface area contributed by atoms with E-state index in [0.29, 0.717) is 6.54 Å². The number of ether oxygens (including phenoxy) is 2. The fourth-order valence-electron chi connectivity index (χ4n) is 1.98. The molecule has 5 heteroatoms. The minimum absolute atomic E-state index is 0.0580. The highest BCUT2D eigenvalue weighted by Crippen LogP contribution is 2.09. The quantitative estimate of drug-likeness (QED) is 0.777. The molecule has 0 bridgehead atoms. The van der Waals surface area contributed by atoms with Crippen LogP contribution in [0.3, 0.4) is 0 Å². The maximum Gasteiger partial charge on any atom is 0.328 e. The van der Waals surface area contributed by atoms with Crippen LogP contribution in [0.4, 0.5) is 0 Å². The summed E-state index contributed by atoms with van der Waals surface area (Å²) in [7, 11) is 0. The first-order valence-corrected chi connectivity index (χ1v) is 6.30. The van der Waals surface area contributed by atoms with Gasteiger partial charge in [0.1, 0.15) is 0 Å². The molecular formula is C12H20N2O3. The number of hydrogen-bond acceptors (Lipinski definition) is 3. The molecule has 0 aliphatic carbocycles. The van der Waals surface area contributed by atoms with Gasteiger partial charge in [0.15, 0.2) is 6.29 Å². The smallest absolute Gasteiger partial charge is 0.328 e. The topological polar surface area (TPSA) is 45.4 Å². The number of imidazole rings is 1. The summed E-state index contributed by atoms with van der Waals surface area (Å²) >= 11 is 0. The van der Waals surface area contributed by atoms with E-state index in [-0.39, 0.29) is 12.0 Å². The van der Waals surface area contributed by atoms with Crippen molar-refractivity contribution in [3.63, 3.8) is 0 Å². The lowest BCUT2D eigenvalue weighted by molar-refractivity contribution is -0.182. The molecule has 2 rings (SSSR count). The molecule has 17 heavy (non-hydrogen) atoms. The number of aromatic nitrogens is 2. The summed E-state index contributed by atoms with van der Waals surface area (Å²) in [6, 6.07) is 0. The van der Waals surface area contributed by atoms with Crippen LogP contribution >= 0.6 is 0 Å². The van der Waals surface area contributed by atoms with Crippen molar-refractivity contribution in [1.82, 2.24) is 9.13 Å². The van der Waals surface area contributed by atoms with Crippen LogP contribution in [-0.2, 0) is 22.6 Å². The summed E-state index contributed by atoms with van der Waals surface area (Å²) in [5, 5.41) is 0. The molecule has 0 radical (unpaired) electrons. The molecule has 2 heterocycles. The third-order valence-electron chi connectivity index (χ3n) is 2.88. The van der Waals surface area contributed by atoms with Crippen LogP contribution < -0.4 is 5.69 Å². The first-order valence-electron chi connectivity index (χ1n) is 6.30. The molecule has 1 aromatic heterocycles. The first kappa shape index (κ1) is 12.4. The molecule has 0 saturated carbocycles. The molecule has 0 atom stereocenters. The van der Waals surface area contributed by atoms with Gasteiger partial charge in [-0.25, -0.2) is 4.79 Å². The predicted molar refractivity (Wildman–Crippen MR) is 63.9 cm³/mol. The van der Waals surface area contributed by atoms with Crippen molar-refractivity contribution in [2.24, 2.45) is 0 Å². The van der Waals surface area contributed by atoms with Crippen LogP contribution in [0.1, 0.15) is 26.2 Å². The van der Waals surface area contributed by atoms with Gasteiger partial charge in [-0.2, -0.15) is 0 Å². The zero-order valence-corrected chi connectivity index (χ0v) is 10.3. The van der Waals surface area contributed by atoms with E-state index < -0.39 is 0 Å². The molecular weight excluding hydrogens is 220 g/mol. The van der Waals surface area contributed by atoms with Crippen LogP contribution in [0, 0.1) is 0 Å². The van der Waals surface area contributed by atoms with Gasteiger partial charge in [0, 0.05) is 31.9 Å². The molecule has 1 fully saturated rings. The minimum atomic E-state index is -0.148. The second kappa shape index (κ2) is 6.02. The Morgan fingerprint density at radius 3 is 2.53 bits per heavy atom. The number of nitrogens with zero attached hydrogens (tertiary/aromatic N) is 2. The van der Waals surface area contributed by atoms with E-state index in [2.05, 4.69) is 6.92 Å². The Morgan fingerprint density at radius 1 is 1.24 bits per heavy atom. The second-order valence-corrected chi connectivity index (χ2v) is 4.28. The Kier molecular flexibility index (Phi) is 4.39. The number of aryl methyl sites for hydroxylation is 2. The SMILES string of the molecule is CCCn1ccn(CCC2OCCCO2)c1=O. The summed E-state index contributed by atoms with van der Waals surface area (Å²) in [5.74, 6) is 0. The number of rotatable bonds is 5. The highest BCUT2D eigenvalue weighted by molar-refractivity contribution is 4.81.